The number of esters is 2. The molecule has 0 aromatic rings. The quantitative estimate of drug-likeness (QED) is 0.0278. The molecule has 0 saturated heterocycles. The second kappa shape index (κ2) is 58.7. The molecule has 76 heavy (non-hydrogen) atoms. The third-order valence-electron chi connectivity index (χ3n) is 15.6. The van der Waals surface area contributed by atoms with Crippen LogP contribution in [0, 0.1) is 0 Å². The molecule has 0 aliphatic rings. The number of carbonyl (C=O) groups excluding carboxylic acids is 2. The summed E-state index contributed by atoms with van der Waals surface area (Å²) >= 11 is 0. The Balaban J connectivity index is 3.81. The molecule has 454 valence electrons. The Bertz CT molecular complexity index is 1240. The van der Waals surface area contributed by atoms with Gasteiger partial charge in [0.2, 0.25) is 0 Å². The van der Waals surface area contributed by atoms with Crippen molar-refractivity contribution in [3.05, 3.63) is 0 Å². The van der Waals surface area contributed by atoms with Crippen LogP contribution in [-0.4, -0.2) is 74.9 Å². The van der Waals surface area contributed by atoms with Crippen LogP contribution in [0.3, 0.4) is 0 Å². The Morgan fingerprint density at radius 1 is 0.355 bits per heavy atom. The maximum atomic E-state index is 12.8. The SMILES string of the molecule is CCCCCCCCCCCCCCCCCCCCCCCCCCCCCCCCCCCCCCCCCC(=O)OC(COC(=O)CCCCCCCCCCCCCCC)COP(=O)(O)OCC[N+](C)(C)C. The van der Waals surface area contributed by atoms with E-state index in [4.69, 9.17) is 18.5 Å². The summed E-state index contributed by atoms with van der Waals surface area (Å²) in [6.07, 6.45) is 69.5. The third kappa shape index (κ3) is 62.2. The minimum Gasteiger partial charge on any atom is -0.462 e. The topological polar surface area (TPSA) is 108 Å². The number of rotatable bonds is 64. The molecule has 9 nitrogen and oxygen atoms in total. The normalized spacial score (nSPS) is 13.1. The molecule has 0 radical (unpaired) electrons. The number of nitrogens with zero attached hydrogens (tertiary/aromatic N) is 1. The van der Waals surface area contributed by atoms with E-state index in [0.29, 0.717) is 17.4 Å². The van der Waals surface area contributed by atoms with E-state index in [1.807, 2.05) is 21.1 Å². The number of phosphoric ester groups is 1. The number of phosphoric acid groups is 1. The lowest BCUT2D eigenvalue weighted by Gasteiger charge is -2.24. The van der Waals surface area contributed by atoms with Crippen molar-refractivity contribution in [3.8, 4) is 0 Å². The molecule has 1 N–H and O–H groups in total. The summed E-state index contributed by atoms with van der Waals surface area (Å²) in [5.41, 5.74) is 0. The highest BCUT2D eigenvalue weighted by molar-refractivity contribution is 7.47. The van der Waals surface area contributed by atoms with Gasteiger partial charge in [0, 0.05) is 12.8 Å². The molecule has 0 amide bonds. The smallest absolute Gasteiger partial charge is 0.462 e. The van der Waals surface area contributed by atoms with Crippen LogP contribution in [0.4, 0.5) is 0 Å². The van der Waals surface area contributed by atoms with Crippen LogP contribution >= 0.6 is 7.82 Å². The van der Waals surface area contributed by atoms with Crippen molar-refractivity contribution < 1.29 is 42.1 Å². The number of unbranched alkanes of at least 4 members (excludes halogenated alkanes) is 50. The summed E-state index contributed by atoms with van der Waals surface area (Å²) < 4.78 is 34.6. The van der Waals surface area contributed by atoms with Crippen molar-refractivity contribution in [2.75, 3.05) is 47.5 Å². The van der Waals surface area contributed by atoms with Crippen molar-refractivity contribution in [1.29, 1.82) is 0 Å². The van der Waals surface area contributed by atoms with E-state index in [-0.39, 0.29) is 25.6 Å². The van der Waals surface area contributed by atoms with Crippen LogP contribution in [-0.2, 0) is 32.7 Å². The molecule has 2 unspecified atom stereocenters. The van der Waals surface area contributed by atoms with Gasteiger partial charge in [0.25, 0.3) is 0 Å². The first kappa shape index (κ1) is 75.0. The lowest BCUT2D eigenvalue weighted by molar-refractivity contribution is -0.870. The van der Waals surface area contributed by atoms with Gasteiger partial charge >= 0.3 is 19.8 Å². The summed E-state index contributed by atoms with van der Waals surface area (Å²) in [4.78, 5) is 35.7. The summed E-state index contributed by atoms with van der Waals surface area (Å²) in [7, 11) is 1.50. The summed E-state index contributed by atoms with van der Waals surface area (Å²) in [5.74, 6) is -0.774. The van der Waals surface area contributed by atoms with Crippen molar-refractivity contribution in [2.24, 2.45) is 0 Å². The Labute approximate surface area is 474 Å². The fraction of sp³-hybridized carbons (Fsp3) is 0.970. The Hall–Kier alpha value is -0.990. The predicted octanol–water partition coefficient (Wildman–Crippen LogP) is 21.4. The molecule has 0 bridgehead atoms. The van der Waals surface area contributed by atoms with Crippen LogP contribution in [0.15, 0.2) is 0 Å². The molecule has 0 heterocycles. The standard InChI is InChI=1S/C66H132NO8P/c1-6-8-10-12-14-16-18-20-21-22-23-24-25-26-27-28-29-30-31-32-33-34-35-36-37-38-39-40-41-42-43-44-45-47-49-51-53-55-57-59-66(69)75-64(63-74-76(70,71)73-61-60-67(3,4)5)62-72-65(68)58-56-54-52-50-48-46-19-17-15-13-11-9-7-2/h64H,6-63H2,1-5H3/p+1. The summed E-state index contributed by atoms with van der Waals surface area (Å²) in [6.45, 7) is 4.50. The molecule has 0 aliphatic heterocycles. The maximum Gasteiger partial charge on any atom is 0.472 e. The first-order valence-electron chi connectivity index (χ1n) is 33.8. The van der Waals surface area contributed by atoms with Crippen LogP contribution in [0.25, 0.3) is 0 Å². The van der Waals surface area contributed by atoms with Crippen LogP contribution in [0.5, 0.6) is 0 Å². The largest absolute Gasteiger partial charge is 0.472 e. The summed E-state index contributed by atoms with van der Waals surface area (Å²) in [6, 6.07) is 0. The van der Waals surface area contributed by atoms with Gasteiger partial charge in [-0.25, -0.2) is 4.57 Å². The van der Waals surface area contributed by atoms with Gasteiger partial charge in [0.1, 0.15) is 19.8 Å². The van der Waals surface area contributed by atoms with Gasteiger partial charge in [-0.15, -0.1) is 0 Å². The number of hydrogen-bond donors (Lipinski definition) is 1. The molecule has 2 atom stereocenters. The van der Waals surface area contributed by atoms with Crippen LogP contribution in [0.2, 0.25) is 0 Å². The third-order valence-corrected chi connectivity index (χ3v) is 16.6. The lowest BCUT2D eigenvalue weighted by atomic mass is 10.0. The van der Waals surface area contributed by atoms with Gasteiger partial charge in [-0.05, 0) is 12.8 Å². The number of hydrogen-bond acceptors (Lipinski definition) is 7. The molecule has 0 spiro atoms. The van der Waals surface area contributed by atoms with E-state index < -0.39 is 26.5 Å². The highest BCUT2D eigenvalue weighted by Gasteiger charge is 2.27. The van der Waals surface area contributed by atoms with E-state index in [9.17, 15) is 19.0 Å². The molecule has 10 heteroatoms. The average Bonchev–Trinajstić information content (AvgIpc) is 3.38. The Kier molecular flexibility index (Phi) is 57.9. The number of carbonyl (C=O) groups is 2. The molecular formula is C66H133NO8P+. The predicted molar refractivity (Wildman–Crippen MR) is 326 cm³/mol. The van der Waals surface area contributed by atoms with Crippen molar-refractivity contribution in [1.82, 2.24) is 0 Å². The van der Waals surface area contributed by atoms with E-state index in [1.54, 1.807) is 0 Å². The van der Waals surface area contributed by atoms with E-state index in [2.05, 4.69) is 13.8 Å². The van der Waals surface area contributed by atoms with Crippen molar-refractivity contribution in [3.63, 3.8) is 0 Å². The monoisotopic (exact) mass is 1100 g/mol. The van der Waals surface area contributed by atoms with Gasteiger partial charge in [0.05, 0.1) is 27.7 Å². The molecule has 0 rings (SSSR count). The fourth-order valence-corrected chi connectivity index (χ4v) is 11.2. The van der Waals surface area contributed by atoms with Gasteiger partial charge in [0.15, 0.2) is 6.10 Å². The summed E-state index contributed by atoms with van der Waals surface area (Å²) in [5, 5.41) is 0. The fourth-order valence-electron chi connectivity index (χ4n) is 10.4. The van der Waals surface area contributed by atoms with Gasteiger partial charge in [-0.2, -0.15) is 0 Å². The first-order valence-corrected chi connectivity index (χ1v) is 35.3. The highest BCUT2D eigenvalue weighted by Crippen LogP contribution is 2.43. The van der Waals surface area contributed by atoms with Crippen molar-refractivity contribution >= 4 is 19.8 Å². The minimum atomic E-state index is -4.38. The average molecular weight is 1100 g/mol. The molecule has 0 saturated carbocycles. The first-order chi connectivity index (χ1) is 37.0. The Morgan fingerprint density at radius 2 is 0.592 bits per heavy atom. The highest BCUT2D eigenvalue weighted by atomic mass is 31.2. The zero-order valence-corrected chi connectivity index (χ0v) is 52.7. The van der Waals surface area contributed by atoms with Crippen LogP contribution in [0.1, 0.15) is 361 Å². The van der Waals surface area contributed by atoms with E-state index in [1.165, 1.54) is 295 Å². The minimum absolute atomic E-state index is 0.0373. The lowest BCUT2D eigenvalue weighted by Crippen LogP contribution is -2.37. The zero-order chi connectivity index (χ0) is 55.6. The number of quaternary nitrogens is 1. The molecule has 0 fully saturated rings. The zero-order valence-electron chi connectivity index (χ0n) is 51.8. The van der Waals surface area contributed by atoms with E-state index >= 15 is 0 Å². The van der Waals surface area contributed by atoms with Crippen molar-refractivity contribution in [2.45, 2.75) is 367 Å². The number of ether oxygens (including phenoxy) is 2. The van der Waals surface area contributed by atoms with Gasteiger partial charge in [-0.3, -0.25) is 18.6 Å². The Morgan fingerprint density at radius 3 is 0.842 bits per heavy atom. The molecule has 0 aromatic heterocycles. The molecule has 0 aromatic carbocycles. The van der Waals surface area contributed by atoms with Crippen LogP contribution < -0.4 is 0 Å². The van der Waals surface area contributed by atoms with Gasteiger partial charge in [-0.1, -0.05) is 335 Å². The van der Waals surface area contributed by atoms with E-state index in [0.717, 1.165) is 38.5 Å². The molecular weight excluding hydrogens is 966 g/mol. The number of likely N-dealkylation sites (N-methyl/N-ethyl adjacent to an activating group) is 1. The van der Waals surface area contributed by atoms with Gasteiger partial charge < -0.3 is 18.9 Å². The maximum absolute atomic E-state index is 12.8. The second-order valence-corrected chi connectivity index (χ2v) is 26.0. The second-order valence-electron chi connectivity index (χ2n) is 24.6. The molecule has 0 aliphatic carbocycles.